The van der Waals surface area contributed by atoms with Crippen LogP contribution in [0.4, 0.5) is 0 Å². The van der Waals surface area contributed by atoms with E-state index in [1.807, 2.05) is 6.20 Å². The van der Waals surface area contributed by atoms with E-state index in [4.69, 9.17) is 14.2 Å². The summed E-state index contributed by atoms with van der Waals surface area (Å²) in [4.78, 5) is 23.1. The van der Waals surface area contributed by atoms with Gasteiger partial charge in [-0.25, -0.2) is 5.43 Å². The first kappa shape index (κ1) is 15.4. The molecule has 2 aliphatic rings. The van der Waals surface area contributed by atoms with Gasteiger partial charge in [-0.2, -0.15) is 0 Å². The molecule has 3 rings (SSSR count). The first-order chi connectivity index (χ1) is 11.2. The molecule has 1 aromatic carbocycles. The van der Waals surface area contributed by atoms with Crippen molar-refractivity contribution in [1.29, 1.82) is 0 Å². The highest BCUT2D eigenvalue weighted by atomic mass is 16.5. The van der Waals surface area contributed by atoms with Gasteiger partial charge in [0.2, 0.25) is 0 Å². The lowest BCUT2D eigenvalue weighted by Crippen LogP contribution is -2.28. The van der Waals surface area contributed by atoms with Crippen molar-refractivity contribution in [3.63, 3.8) is 0 Å². The number of hydrogen-bond acceptors (Lipinski definition) is 7. The van der Waals surface area contributed by atoms with E-state index in [-0.39, 0.29) is 18.9 Å². The molecule has 1 atom stereocenters. The molecule has 0 spiro atoms. The normalized spacial score (nSPS) is 18.0. The highest BCUT2D eigenvalue weighted by Gasteiger charge is 2.29. The van der Waals surface area contributed by atoms with Crippen LogP contribution in [-0.4, -0.2) is 25.2 Å². The molecular formula is C16H18N2O5. The van der Waals surface area contributed by atoms with E-state index in [0.29, 0.717) is 19.0 Å². The molecule has 0 bridgehead atoms. The van der Waals surface area contributed by atoms with E-state index in [0.717, 1.165) is 16.9 Å². The van der Waals surface area contributed by atoms with Gasteiger partial charge in [-0.1, -0.05) is 0 Å². The molecule has 122 valence electrons. The Hall–Kier alpha value is -2.54. The van der Waals surface area contributed by atoms with Crippen molar-refractivity contribution < 1.29 is 23.8 Å². The highest BCUT2D eigenvalue weighted by molar-refractivity contribution is 5.79. The number of hydrogen-bond donors (Lipinski definition) is 2. The summed E-state index contributed by atoms with van der Waals surface area (Å²) in [5.74, 6) is 0.313. The molecule has 7 heteroatoms. The first-order valence-electron chi connectivity index (χ1n) is 7.50. The molecule has 2 heterocycles. The maximum absolute atomic E-state index is 11.8. The number of carbonyl (C=O) groups is 2. The van der Waals surface area contributed by atoms with Gasteiger partial charge in [0.15, 0.2) is 0 Å². The van der Waals surface area contributed by atoms with Crippen molar-refractivity contribution in [2.24, 2.45) is 0 Å². The molecule has 0 radical (unpaired) electrons. The van der Waals surface area contributed by atoms with Crippen molar-refractivity contribution in [3.8, 4) is 11.5 Å². The third-order valence-electron chi connectivity index (χ3n) is 3.61. The van der Waals surface area contributed by atoms with Crippen molar-refractivity contribution in [2.75, 3.05) is 13.2 Å². The first-order valence-corrected chi connectivity index (χ1v) is 7.50. The van der Waals surface area contributed by atoms with Gasteiger partial charge in [0.1, 0.15) is 18.1 Å². The number of benzene rings is 1. The van der Waals surface area contributed by atoms with Crippen molar-refractivity contribution >= 4 is 11.9 Å². The summed E-state index contributed by atoms with van der Waals surface area (Å²) in [6.07, 6.45) is 1.87. The minimum Gasteiger partial charge on any atom is -0.489 e. The molecule has 0 fully saturated rings. The maximum atomic E-state index is 11.8. The van der Waals surface area contributed by atoms with Crippen LogP contribution >= 0.6 is 0 Å². The summed E-state index contributed by atoms with van der Waals surface area (Å²) in [6.45, 7) is 2.55. The Morgan fingerprint density at radius 2 is 2.13 bits per heavy atom. The SMILES string of the molecule is CCOC(=O)CCC(=O)Oc1ccc2c(c1)C1NNC=C1CO2. The van der Waals surface area contributed by atoms with Crippen LogP contribution in [0.5, 0.6) is 11.5 Å². The van der Waals surface area contributed by atoms with Crippen LogP contribution in [0.2, 0.25) is 0 Å². The quantitative estimate of drug-likeness (QED) is 0.626. The van der Waals surface area contributed by atoms with Crippen molar-refractivity contribution in [3.05, 3.63) is 35.5 Å². The number of rotatable bonds is 5. The van der Waals surface area contributed by atoms with Gasteiger partial charge in [0.05, 0.1) is 25.5 Å². The summed E-state index contributed by atoms with van der Waals surface area (Å²) < 4.78 is 15.7. The van der Waals surface area contributed by atoms with Crippen molar-refractivity contribution in [2.45, 2.75) is 25.8 Å². The van der Waals surface area contributed by atoms with Crippen molar-refractivity contribution in [1.82, 2.24) is 10.9 Å². The Labute approximate surface area is 133 Å². The third-order valence-corrected chi connectivity index (χ3v) is 3.61. The van der Waals surface area contributed by atoms with E-state index in [1.54, 1.807) is 25.1 Å². The van der Waals surface area contributed by atoms with E-state index < -0.39 is 11.9 Å². The van der Waals surface area contributed by atoms with Gasteiger partial charge < -0.3 is 19.6 Å². The topological polar surface area (TPSA) is 85.9 Å². The zero-order chi connectivity index (χ0) is 16.2. The van der Waals surface area contributed by atoms with E-state index >= 15 is 0 Å². The van der Waals surface area contributed by atoms with Gasteiger partial charge in [-0.15, -0.1) is 0 Å². The molecule has 0 amide bonds. The number of carbonyl (C=O) groups excluding carboxylic acids is 2. The van der Waals surface area contributed by atoms with Crippen LogP contribution in [0.15, 0.2) is 30.0 Å². The number of ether oxygens (including phenoxy) is 3. The van der Waals surface area contributed by atoms with Gasteiger partial charge in [0.25, 0.3) is 0 Å². The second-order valence-corrected chi connectivity index (χ2v) is 5.21. The Morgan fingerprint density at radius 1 is 1.30 bits per heavy atom. The predicted molar refractivity (Wildman–Crippen MR) is 80.5 cm³/mol. The van der Waals surface area contributed by atoms with Gasteiger partial charge in [-0.05, 0) is 25.1 Å². The fourth-order valence-corrected chi connectivity index (χ4v) is 2.52. The van der Waals surface area contributed by atoms with E-state index in [1.165, 1.54) is 0 Å². The molecule has 1 unspecified atom stereocenters. The summed E-state index contributed by atoms with van der Waals surface area (Å²) in [7, 11) is 0. The monoisotopic (exact) mass is 318 g/mol. The minimum atomic E-state index is -0.469. The lowest BCUT2D eigenvalue weighted by molar-refractivity contribution is -0.146. The number of hydrazine groups is 1. The molecule has 1 aromatic rings. The van der Waals surface area contributed by atoms with Crippen LogP contribution in [0.3, 0.4) is 0 Å². The Balaban J connectivity index is 1.63. The number of fused-ring (bicyclic) bond motifs is 3. The number of esters is 2. The average Bonchev–Trinajstić information content (AvgIpc) is 3.02. The fraction of sp³-hybridized carbons (Fsp3) is 0.375. The van der Waals surface area contributed by atoms with Crippen LogP contribution < -0.4 is 20.3 Å². The zero-order valence-electron chi connectivity index (χ0n) is 12.8. The summed E-state index contributed by atoms with van der Waals surface area (Å²) in [5.41, 5.74) is 8.08. The summed E-state index contributed by atoms with van der Waals surface area (Å²) in [6, 6.07) is 5.24. The maximum Gasteiger partial charge on any atom is 0.311 e. The molecule has 2 N–H and O–H groups in total. The molecule has 2 aliphatic heterocycles. The van der Waals surface area contributed by atoms with Crippen LogP contribution in [-0.2, 0) is 14.3 Å². The number of nitrogens with one attached hydrogen (secondary N) is 2. The van der Waals surface area contributed by atoms with Gasteiger partial charge in [0, 0.05) is 17.3 Å². The van der Waals surface area contributed by atoms with E-state index in [2.05, 4.69) is 10.9 Å². The average molecular weight is 318 g/mol. The molecule has 0 aliphatic carbocycles. The molecule has 0 saturated heterocycles. The summed E-state index contributed by atoms with van der Waals surface area (Å²) >= 11 is 0. The predicted octanol–water partition coefficient (Wildman–Crippen LogP) is 1.36. The molecule has 23 heavy (non-hydrogen) atoms. The smallest absolute Gasteiger partial charge is 0.311 e. The Bertz CT molecular complexity index is 656. The summed E-state index contributed by atoms with van der Waals surface area (Å²) in [5, 5.41) is 0. The molecular weight excluding hydrogens is 300 g/mol. The van der Waals surface area contributed by atoms with Gasteiger partial charge in [-0.3, -0.25) is 9.59 Å². The fourth-order valence-electron chi connectivity index (χ4n) is 2.52. The third kappa shape index (κ3) is 3.45. The lowest BCUT2D eigenvalue weighted by Gasteiger charge is -2.25. The molecule has 0 saturated carbocycles. The van der Waals surface area contributed by atoms with Crippen LogP contribution in [0, 0.1) is 0 Å². The van der Waals surface area contributed by atoms with Crippen LogP contribution in [0.1, 0.15) is 31.4 Å². The minimum absolute atomic E-state index is 0.0111. The Morgan fingerprint density at radius 3 is 2.96 bits per heavy atom. The standard InChI is InChI=1S/C16H18N2O5/c1-2-21-14(19)5-6-15(20)23-11-3-4-13-12(7-11)16-10(9-22-13)8-17-18-16/h3-4,7-8,16-18H,2,5-6,9H2,1H3. The van der Waals surface area contributed by atoms with Gasteiger partial charge >= 0.3 is 11.9 Å². The van der Waals surface area contributed by atoms with E-state index in [9.17, 15) is 9.59 Å². The zero-order valence-corrected chi connectivity index (χ0v) is 12.8. The van der Waals surface area contributed by atoms with Crippen LogP contribution in [0.25, 0.3) is 0 Å². The lowest BCUT2D eigenvalue weighted by atomic mass is 9.98. The Kier molecular flexibility index (Phi) is 4.47. The highest BCUT2D eigenvalue weighted by Crippen LogP contribution is 2.38. The second-order valence-electron chi connectivity index (χ2n) is 5.21. The molecule has 0 aromatic heterocycles. The molecule has 7 nitrogen and oxygen atoms in total. The largest absolute Gasteiger partial charge is 0.489 e. The second kappa shape index (κ2) is 6.70.